The molecule has 2 aromatic heterocycles. The number of hydrogen-bond acceptors (Lipinski definition) is 6. The number of aromatic nitrogens is 1. The molecule has 0 aromatic carbocycles. The van der Waals surface area contributed by atoms with Gasteiger partial charge in [-0.25, -0.2) is 4.98 Å². The number of nitrogens with one attached hydrogen (secondary N) is 1. The summed E-state index contributed by atoms with van der Waals surface area (Å²) < 4.78 is 5.55. The molecule has 6 nitrogen and oxygen atoms in total. The van der Waals surface area contributed by atoms with Crippen LogP contribution < -0.4 is 5.32 Å². The van der Waals surface area contributed by atoms with Gasteiger partial charge in [0, 0.05) is 17.6 Å². The first-order valence-corrected chi connectivity index (χ1v) is 9.62. The smallest absolute Gasteiger partial charge is 0.249 e. The van der Waals surface area contributed by atoms with Crippen molar-refractivity contribution in [1.82, 2.24) is 9.88 Å². The van der Waals surface area contributed by atoms with E-state index in [0.29, 0.717) is 28.8 Å². The molecule has 0 saturated carbocycles. The zero-order valence-corrected chi connectivity index (χ0v) is 15.0. The predicted molar refractivity (Wildman–Crippen MR) is 93.9 cm³/mol. The molecule has 126 valence electrons. The van der Waals surface area contributed by atoms with Crippen molar-refractivity contribution < 1.29 is 14.0 Å². The van der Waals surface area contributed by atoms with Crippen molar-refractivity contribution >= 4 is 40.0 Å². The van der Waals surface area contributed by atoms with Gasteiger partial charge in [0.1, 0.15) is 17.5 Å². The molecule has 0 spiro atoms. The molecule has 0 aliphatic carbocycles. The maximum absolute atomic E-state index is 12.6. The van der Waals surface area contributed by atoms with Crippen LogP contribution in [0.2, 0.25) is 0 Å². The average Bonchev–Trinajstić information content (AvgIpc) is 3.27. The second-order valence-corrected chi connectivity index (χ2v) is 8.56. The highest BCUT2D eigenvalue weighted by Gasteiger charge is 2.52. The van der Waals surface area contributed by atoms with Crippen LogP contribution in [0.1, 0.15) is 25.5 Å². The summed E-state index contributed by atoms with van der Waals surface area (Å²) in [5, 5.41) is 5.22. The van der Waals surface area contributed by atoms with Crippen molar-refractivity contribution in [2.75, 3.05) is 11.1 Å². The molecule has 8 heteroatoms. The first kappa shape index (κ1) is 15.7. The monoisotopic (exact) mass is 363 g/mol. The van der Waals surface area contributed by atoms with E-state index in [1.165, 1.54) is 11.3 Å². The Morgan fingerprint density at radius 3 is 3.08 bits per heavy atom. The minimum Gasteiger partial charge on any atom is -0.460 e. The molecule has 2 aromatic rings. The van der Waals surface area contributed by atoms with Crippen LogP contribution >= 0.6 is 23.1 Å². The number of hydrogen-bond donors (Lipinski definition) is 1. The number of amides is 2. The second kappa shape index (κ2) is 5.63. The van der Waals surface area contributed by atoms with E-state index in [1.54, 1.807) is 16.7 Å². The van der Waals surface area contributed by atoms with Crippen molar-refractivity contribution in [3.8, 4) is 11.5 Å². The molecule has 4 heterocycles. The molecule has 24 heavy (non-hydrogen) atoms. The largest absolute Gasteiger partial charge is 0.460 e. The summed E-state index contributed by atoms with van der Waals surface area (Å²) in [5.74, 6) is 2.02. The number of thiazole rings is 1. The van der Waals surface area contributed by atoms with E-state index in [0.717, 1.165) is 12.2 Å². The van der Waals surface area contributed by atoms with Gasteiger partial charge in [-0.15, -0.1) is 23.1 Å². The van der Waals surface area contributed by atoms with Gasteiger partial charge < -0.3 is 14.6 Å². The van der Waals surface area contributed by atoms with Crippen LogP contribution in [0.4, 0.5) is 5.13 Å². The van der Waals surface area contributed by atoms with Gasteiger partial charge >= 0.3 is 0 Å². The van der Waals surface area contributed by atoms with Gasteiger partial charge in [0.2, 0.25) is 11.8 Å². The predicted octanol–water partition coefficient (Wildman–Crippen LogP) is 3.10. The highest BCUT2D eigenvalue weighted by molar-refractivity contribution is 8.01. The fourth-order valence-corrected chi connectivity index (χ4v) is 5.35. The van der Waals surface area contributed by atoms with E-state index in [2.05, 4.69) is 10.3 Å². The van der Waals surface area contributed by atoms with Crippen molar-refractivity contribution in [2.45, 2.75) is 37.6 Å². The Bertz CT molecular complexity index is 815. The molecule has 2 saturated heterocycles. The lowest BCUT2D eigenvalue weighted by molar-refractivity contribution is -0.135. The molecule has 2 aliphatic rings. The number of anilines is 1. The lowest BCUT2D eigenvalue weighted by Crippen LogP contribution is -2.48. The lowest BCUT2D eigenvalue weighted by Gasteiger charge is -2.29. The average molecular weight is 363 g/mol. The molecule has 0 bridgehead atoms. The van der Waals surface area contributed by atoms with Gasteiger partial charge in [0.05, 0.1) is 4.87 Å². The molecule has 0 unspecified atom stereocenters. The normalized spacial score (nSPS) is 26.0. The fourth-order valence-electron chi connectivity index (χ4n) is 3.22. The minimum absolute atomic E-state index is 0.0635. The molecular formula is C16H17N3O3S2. The Balaban J connectivity index is 1.49. The third kappa shape index (κ3) is 2.53. The van der Waals surface area contributed by atoms with E-state index in [-0.39, 0.29) is 16.7 Å². The van der Waals surface area contributed by atoms with Crippen LogP contribution in [0, 0.1) is 6.92 Å². The van der Waals surface area contributed by atoms with Crippen LogP contribution in [0.25, 0.3) is 11.5 Å². The minimum atomic E-state index is -0.423. The highest BCUT2D eigenvalue weighted by atomic mass is 32.2. The maximum Gasteiger partial charge on any atom is 0.249 e. The topological polar surface area (TPSA) is 75.4 Å². The van der Waals surface area contributed by atoms with Gasteiger partial charge in [0.15, 0.2) is 10.9 Å². The van der Waals surface area contributed by atoms with Crippen LogP contribution in [0.5, 0.6) is 0 Å². The third-order valence-corrected chi connectivity index (χ3v) is 6.74. The van der Waals surface area contributed by atoms with E-state index >= 15 is 0 Å². The Labute approximate surface area is 147 Å². The summed E-state index contributed by atoms with van der Waals surface area (Å²) in [6.45, 7) is 3.91. The highest BCUT2D eigenvalue weighted by Crippen LogP contribution is 2.47. The van der Waals surface area contributed by atoms with E-state index in [4.69, 9.17) is 4.42 Å². The van der Waals surface area contributed by atoms with Crippen LogP contribution in [0.3, 0.4) is 0 Å². The molecule has 2 atom stereocenters. The zero-order chi connectivity index (χ0) is 16.9. The van der Waals surface area contributed by atoms with Crippen LogP contribution in [-0.4, -0.2) is 38.4 Å². The summed E-state index contributed by atoms with van der Waals surface area (Å²) in [6, 6.07) is 3.31. The molecular weight excluding hydrogens is 346 g/mol. The molecule has 2 fully saturated rings. The second-order valence-electron chi connectivity index (χ2n) is 6.20. The van der Waals surface area contributed by atoms with E-state index < -0.39 is 6.04 Å². The number of thioether (sulfide) groups is 1. The summed E-state index contributed by atoms with van der Waals surface area (Å²) in [5.41, 5.74) is 0.700. The maximum atomic E-state index is 12.6. The van der Waals surface area contributed by atoms with Gasteiger partial charge in [0.25, 0.3) is 0 Å². The van der Waals surface area contributed by atoms with Gasteiger partial charge in [-0.1, -0.05) is 0 Å². The van der Waals surface area contributed by atoms with Gasteiger partial charge in [-0.05, 0) is 32.4 Å². The van der Waals surface area contributed by atoms with Gasteiger partial charge in [-0.3, -0.25) is 9.59 Å². The Hall–Kier alpha value is -1.80. The standard InChI is InChI=1S/C16H17N3O3S2/c1-9-3-4-12(22-9)10-7-23-15(17-10)18-14(21)11-8-24-16(2)6-5-13(20)19(11)16/h3-4,7,11H,5-6,8H2,1-2H3,(H,17,18,21)/t11-,16+/m0/s1. The molecule has 2 aliphatic heterocycles. The third-order valence-electron chi connectivity index (χ3n) is 4.47. The number of furan rings is 1. The summed E-state index contributed by atoms with van der Waals surface area (Å²) in [6.07, 6.45) is 1.33. The first-order valence-electron chi connectivity index (χ1n) is 7.76. The van der Waals surface area contributed by atoms with Crippen molar-refractivity contribution in [2.24, 2.45) is 0 Å². The zero-order valence-electron chi connectivity index (χ0n) is 13.4. The molecule has 4 rings (SSSR count). The number of nitrogens with zero attached hydrogens (tertiary/aromatic N) is 2. The Morgan fingerprint density at radius 2 is 2.33 bits per heavy atom. The number of aryl methyl sites for hydroxylation is 1. The number of carbonyl (C=O) groups excluding carboxylic acids is 2. The number of fused-ring (bicyclic) bond motifs is 1. The SMILES string of the molecule is Cc1ccc(-c2csc(NC(=O)[C@@H]3CS[C@]4(C)CCC(=O)N34)n2)o1. The molecule has 1 N–H and O–H groups in total. The lowest BCUT2D eigenvalue weighted by atomic mass is 10.2. The quantitative estimate of drug-likeness (QED) is 0.907. The van der Waals surface area contributed by atoms with Crippen molar-refractivity contribution in [3.63, 3.8) is 0 Å². The first-order chi connectivity index (χ1) is 11.5. The summed E-state index contributed by atoms with van der Waals surface area (Å²) in [7, 11) is 0. The number of rotatable bonds is 3. The molecule has 0 radical (unpaired) electrons. The van der Waals surface area contributed by atoms with Crippen LogP contribution in [0.15, 0.2) is 21.9 Å². The van der Waals surface area contributed by atoms with E-state index in [1.807, 2.05) is 31.4 Å². The number of carbonyl (C=O) groups is 2. The summed E-state index contributed by atoms with van der Waals surface area (Å²) >= 11 is 3.04. The van der Waals surface area contributed by atoms with Crippen LogP contribution in [-0.2, 0) is 9.59 Å². The van der Waals surface area contributed by atoms with E-state index in [9.17, 15) is 9.59 Å². The molecule has 2 amide bonds. The van der Waals surface area contributed by atoms with Crippen molar-refractivity contribution in [1.29, 1.82) is 0 Å². The van der Waals surface area contributed by atoms with Crippen molar-refractivity contribution in [3.05, 3.63) is 23.3 Å². The Kier molecular flexibility index (Phi) is 3.69. The fraction of sp³-hybridized carbons (Fsp3) is 0.438. The summed E-state index contributed by atoms with van der Waals surface area (Å²) in [4.78, 5) is 30.7. The Morgan fingerprint density at radius 1 is 1.50 bits per heavy atom. The van der Waals surface area contributed by atoms with Gasteiger partial charge in [-0.2, -0.15) is 0 Å².